The van der Waals surface area contributed by atoms with E-state index in [2.05, 4.69) is 0 Å². The summed E-state index contributed by atoms with van der Waals surface area (Å²) in [7, 11) is 1.60. The van der Waals surface area contributed by atoms with Gasteiger partial charge >= 0.3 is 5.97 Å². The Morgan fingerprint density at radius 2 is 2.04 bits per heavy atom. The number of ether oxygens (including phenoxy) is 2. The van der Waals surface area contributed by atoms with Crippen molar-refractivity contribution in [2.75, 3.05) is 26.8 Å². The molecule has 2 aromatic rings. The van der Waals surface area contributed by atoms with Crippen LogP contribution in [0.4, 0.5) is 0 Å². The van der Waals surface area contributed by atoms with E-state index in [1.54, 1.807) is 18.9 Å². The Kier molecular flexibility index (Phi) is 5.49. The summed E-state index contributed by atoms with van der Waals surface area (Å²) in [6.07, 6.45) is 1.25. The van der Waals surface area contributed by atoms with Gasteiger partial charge in [0.05, 0.1) is 24.7 Å². The number of likely N-dealkylation sites (tertiary alicyclic amines) is 1. The minimum atomic E-state index is -0.165. The van der Waals surface area contributed by atoms with Gasteiger partial charge in [0.2, 0.25) is 0 Å². The average molecular weight is 382 g/mol. The minimum absolute atomic E-state index is 0.0764. The molecule has 0 saturated carbocycles. The van der Waals surface area contributed by atoms with E-state index in [0.29, 0.717) is 48.2 Å². The van der Waals surface area contributed by atoms with Crippen LogP contribution >= 0.6 is 22.9 Å². The molecule has 0 bridgehead atoms. The quantitative estimate of drug-likeness (QED) is 0.752. The second-order valence-electron chi connectivity index (χ2n) is 5.93. The number of thiophene rings is 1. The zero-order chi connectivity index (χ0) is 18.0. The Labute approximate surface area is 155 Å². The Hall–Kier alpha value is -1.79. The first-order valence-corrected chi connectivity index (χ1v) is 9.46. The number of halogens is 1. The fraction of sp³-hybridized carbons (Fsp3) is 0.444. The fourth-order valence-corrected chi connectivity index (χ4v) is 4.49. The highest BCUT2D eigenvalue weighted by Crippen LogP contribution is 2.38. The van der Waals surface area contributed by atoms with Gasteiger partial charge in [0.25, 0.3) is 5.91 Å². The molecule has 0 radical (unpaired) electrons. The number of fused-ring (bicyclic) bond motifs is 1. The van der Waals surface area contributed by atoms with Crippen LogP contribution < -0.4 is 4.74 Å². The van der Waals surface area contributed by atoms with Crippen molar-refractivity contribution < 1.29 is 19.1 Å². The molecule has 1 aromatic carbocycles. The third kappa shape index (κ3) is 3.60. The first-order valence-electron chi connectivity index (χ1n) is 8.27. The van der Waals surface area contributed by atoms with Crippen LogP contribution in [0.25, 0.3) is 10.1 Å². The van der Waals surface area contributed by atoms with Gasteiger partial charge in [0, 0.05) is 23.2 Å². The maximum atomic E-state index is 12.9. The topological polar surface area (TPSA) is 55.8 Å². The Morgan fingerprint density at radius 3 is 2.68 bits per heavy atom. The molecule has 0 spiro atoms. The van der Waals surface area contributed by atoms with Crippen LogP contribution in [-0.2, 0) is 9.53 Å². The summed E-state index contributed by atoms with van der Waals surface area (Å²) in [6, 6.07) is 5.61. The zero-order valence-electron chi connectivity index (χ0n) is 14.2. The van der Waals surface area contributed by atoms with E-state index in [-0.39, 0.29) is 17.8 Å². The summed E-state index contributed by atoms with van der Waals surface area (Å²) in [4.78, 5) is 27.0. The molecule has 3 rings (SSSR count). The van der Waals surface area contributed by atoms with Crippen LogP contribution in [-0.4, -0.2) is 43.6 Å². The van der Waals surface area contributed by atoms with Gasteiger partial charge in [-0.1, -0.05) is 11.6 Å². The number of methoxy groups -OCH3 is 1. The standard InChI is InChI=1S/C18H20ClNO4S/c1-3-24-18(22)11-6-8-20(9-7-11)17(21)16-15(19)13-10-12(23-2)4-5-14(13)25-16/h4-5,10-11H,3,6-9H2,1-2H3. The molecular weight excluding hydrogens is 362 g/mol. The molecule has 1 aliphatic heterocycles. The largest absolute Gasteiger partial charge is 0.497 e. The van der Waals surface area contributed by atoms with Crippen molar-refractivity contribution >= 4 is 44.9 Å². The van der Waals surface area contributed by atoms with Crippen LogP contribution in [0.3, 0.4) is 0 Å². The number of hydrogen-bond donors (Lipinski definition) is 0. The lowest BCUT2D eigenvalue weighted by Crippen LogP contribution is -2.40. The van der Waals surface area contributed by atoms with Gasteiger partial charge in [-0.15, -0.1) is 11.3 Å². The van der Waals surface area contributed by atoms with Crippen LogP contribution in [0, 0.1) is 5.92 Å². The van der Waals surface area contributed by atoms with Gasteiger partial charge < -0.3 is 14.4 Å². The van der Waals surface area contributed by atoms with Gasteiger partial charge in [-0.3, -0.25) is 9.59 Å². The third-order valence-corrected chi connectivity index (χ3v) is 6.09. The van der Waals surface area contributed by atoms with Crippen molar-refractivity contribution in [1.29, 1.82) is 0 Å². The summed E-state index contributed by atoms with van der Waals surface area (Å²) in [6.45, 7) is 3.26. The maximum Gasteiger partial charge on any atom is 0.309 e. The Morgan fingerprint density at radius 1 is 1.32 bits per heavy atom. The molecule has 0 unspecified atom stereocenters. The Bertz CT molecular complexity index is 796. The molecule has 0 atom stereocenters. The van der Waals surface area contributed by atoms with E-state index >= 15 is 0 Å². The third-order valence-electron chi connectivity index (χ3n) is 4.43. The number of carbonyl (C=O) groups is 2. The van der Waals surface area contributed by atoms with Crippen LogP contribution in [0.5, 0.6) is 5.75 Å². The number of amides is 1. The molecule has 1 saturated heterocycles. The van der Waals surface area contributed by atoms with E-state index in [0.717, 1.165) is 10.1 Å². The molecule has 1 amide bonds. The predicted octanol–water partition coefficient (Wildman–Crippen LogP) is 3.98. The lowest BCUT2D eigenvalue weighted by atomic mass is 9.97. The van der Waals surface area contributed by atoms with E-state index in [1.807, 2.05) is 18.2 Å². The molecule has 0 aliphatic carbocycles. The van der Waals surface area contributed by atoms with Crippen molar-refractivity contribution in [3.05, 3.63) is 28.1 Å². The second-order valence-corrected chi connectivity index (χ2v) is 7.36. The summed E-state index contributed by atoms with van der Waals surface area (Å²) in [5.41, 5.74) is 0. The molecular formula is C18H20ClNO4S. The molecule has 0 N–H and O–H groups in total. The van der Waals surface area contributed by atoms with Crippen molar-refractivity contribution in [2.45, 2.75) is 19.8 Å². The van der Waals surface area contributed by atoms with Crippen LogP contribution in [0.2, 0.25) is 5.02 Å². The minimum Gasteiger partial charge on any atom is -0.497 e. The zero-order valence-corrected chi connectivity index (χ0v) is 15.8. The number of benzene rings is 1. The Balaban J connectivity index is 1.75. The number of carbonyl (C=O) groups excluding carboxylic acids is 2. The van der Waals surface area contributed by atoms with E-state index in [4.69, 9.17) is 21.1 Å². The summed E-state index contributed by atoms with van der Waals surface area (Å²) in [5.74, 6) is 0.349. The van der Waals surface area contributed by atoms with Crippen molar-refractivity contribution in [1.82, 2.24) is 4.90 Å². The van der Waals surface area contributed by atoms with Crippen molar-refractivity contribution in [3.8, 4) is 5.75 Å². The molecule has 1 fully saturated rings. The highest BCUT2D eigenvalue weighted by Gasteiger charge is 2.30. The van der Waals surface area contributed by atoms with Gasteiger partial charge in [0.1, 0.15) is 10.6 Å². The number of piperidine rings is 1. The highest BCUT2D eigenvalue weighted by atomic mass is 35.5. The van der Waals surface area contributed by atoms with Gasteiger partial charge in [-0.25, -0.2) is 0 Å². The smallest absolute Gasteiger partial charge is 0.309 e. The normalized spacial score (nSPS) is 15.4. The van der Waals surface area contributed by atoms with Crippen molar-refractivity contribution in [3.63, 3.8) is 0 Å². The van der Waals surface area contributed by atoms with Gasteiger partial charge in [0.15, 0.2) is 0 Å². The molecule has 5 nitrogen and oxygen atoms in total. The van der Waals surface area contributed by atoms with Gasteiger partial charge in [-0.05, 0) is 38.0 Å². The van der Waals surface area contributed by atoms with E-state index in [9.17, 15) is 9.59 Å². The average Bonchev–Trinajstić information content (AvgIpc) is 2.97. The molecule has 2 heterocycles. The number of esters is 1. The van der Waals surface area contributed by atoms with E-state index < -0.39 is 0 Å². The van der Waals surface area contributed by atoms with Crippen molar-refractivity contribution in [2.24, 2.45) is 5.92 Å². The monoisotopic (exact) mass is 381 g/mol. The second kappa shape index (κ2) is 7.62. The summed E-state index contributed by atoms with van der Waals surface area (Å²) >= 11 is 7.84. The SMILES string of the molecule is CCOC(=O)C1CCN(C(=O)c2sc3ccc(OC)cc3c2Cl)CC1. The number of hydrogen-bond acceptors (Lipinski definition) is 5. The van der Waals surface area contributed by atoms with Crippen LogP contribution in [0.15, 0.2) is 18.2 Å². The number of nitrogens with zero attached hydrogens (tertiary/aromatic N) is 1. The first kappa shape index (κ1) is 18.0. The number of rotatable bonds is 4. The molecule has 7 heteroatoms. The molecule has 1 aromatic heterocycles. The predicted molar refractivity (Wildman–Crippen MR) is 98.6 cm³/mol. The lowest BCUT2D eigenvalue weighted by molar-refractivity contribution is -0.149. The molecule has 1 aliphatic rings. The molecule has 134 valence electrons. The molecule has 25 heavy (non-hydrogen) atoms. The lowest BCUT2D eigenvalue weighted by Gasteiger charge is -2.30. The maximum absolute atomic E-state index is 12.9. The van der Waals surface area contributed by atoms with E-state index in [1.165, 1.54) is 11.3 Å². The highest BCUT2D eigenvalue weighted by molar-refractivity contribution is 7.21. The summed E-state index contributed by atoms with van der Waals surface area (Å²) < 4.78 is 11.2. The fourth-order valence-electron chi connectivity index (χ4n) is 3.03. The van der Waals surface area contributed by atoms with Gasteiger partial charge in [-0.2, -0.15) is 0 Å². The van der Waals surface area contributed by atoms with Crippen LogP contribution in [0.1, 0.15) is 29.4 Å². The first-order chi connectivity index (χ1) is 12.0. The summed E-state index contributed by atoms with van der Waals surface area (Å²) in [5, 5.41) is 1.30.